The molecule has 0 unspecified atom stereocenters. The van der Waals surface area contributed by atoms with Gasteiger partial charge in [-0.05, 0) is 99.2 Å². The molecule has 2 saturated heterocycles. The number of hydrogen-bond acceptors (Lipinski definition) is 5. The minimum Gasteiger partial charge on any atom is -0.393 e. The largest absolute Gasteiger partial charge is 0.393 e. The molecular weight excluding hydrogens is 440 g/mol. The Kier molecular flexibility index (Phi) is 4.42. The van der Waals surface area contributed by atoms with Gasteiger partial charge >= 0.3 is 0 Å². The van der Waals surface area contributed by atoms with E-state index in [1.807, 2.05) is 0 Å². The number of carbonyl (C=O) groups is 1. The number of carbonyl (C=O) groups excluding carboxylic acids is 1. The number of hydrogen-bond donors (Lipinski definition) is 2. The summed E-state index contributed by atoms with van der Waals surface area (Å²) < 4.78 is 12.0. The van der Waals surface area contributed by atoms with E-state index in [1.165, 1.54) is 19.3 Å². The Hall–Kier alpha value is -0.490. The Morgan fingerprint density at radius 1 is 0.914 bits per heavy atom. The fourth-order valence-corrected chi connectivity index (χ4v) is 12.2. The monoisotopic (exact) mass is 486 g/mol. The highest BCUT2D eigenvalue weighted by Crippen LogP contribution is 2.91. The first-order valence-electron chi connectivity index (χ1n) is 14.5. The maximum absolute atomic E-state index is 12.9. The molecule has 35 heavy (non-hydrogen) atoms. The molecule has 7 rings (SSSR count). The summed E-state index contributed by atoms with van der Waals surface area (Å²) in [4.78, 5) is 12.9. The molecular formula is C30H46O5. The first-order chi connectivity index (χ1) is 16.2. The van der Waals surface area contributed by atoms with Crippen LogP contribution in [-0.4, -0.2) is 46.2 Å². The number of epoxide rings is 1. The topological polar surface area (TPSA) is 79.3 Å². The molecule has 0 amide bonds. The van der Waals surface area contributed by atoms with Crippen molar-refractivity contribution in [2.75, 3.05) is 0 Å². The molecule has 0 aromatic rings. The molecule has 7 aliphatic rings. The number of aliphatic hydroxyl groups excluding tert-OH is 2. The number of Topliss-reactive ketones (excluding diaryl/α,β-unsaturated/α-hetero) is 1. The molecule has 5 heteroatoms. The van der Waals surface area contributed by atoms with Gasteiger partial charge in [0.05, 0.1) is 17.8 Å². The lowest BCUT2D eigenvalue weighted by atomic mass is 9.37. The normalized spacial score (nSPS) is 61.4. The summed E-state index contributed by atoms with van der Waals surface area (Å²) in [5, 5.41) is 23.0. The molecule has 7 fully saturated rings. The van der Waals surface area contributed by atoms with Gasteiger partial charge in [0.25, 0.3) is 0 Å². The predicted octanol–water partition coefficient (Wildman–Crippen LogP) is 4.87. The fourth-order valence-electron chi connectivity index (χ4n) is 12.2. The van der Waals surface area contributed by atoms with Crippen LogP contribution in [0.15, 0.2) is 0 Å². The third-order valence-electron chi connectivity index (χ3n) is 14.0. The van der Waals surface area contributed by atoms with Gasteiger partial charge in [-0.2, -0.15) is 0 Å². The Bertz CT molecular complexity index is 974. The lowest BCUT2D eigenvalue weighted by molar-refractivity contribution is -0.224. The number of ketones is 1. The minimum absolute atomic E-state index is 0.00373. The standard InChI is InChI=1S/C30H46O5/c1-25(2)20-14-22(32)28(6)19(27(20,5)10-9-21(25)31)8-11-29-15-30(28,29)12-7-17(29)16-13-18(34-24(16)33)23-26(3,4)35-23/h16-20,22-24,32-33H,7-15H2,1-6H3/t16-,17-,18+,19+,20-,22-,23-,24-,27+,28-,29+,30+/m0/s1. The second-order valence-electron chi connectivity index (χ2n) is 15.5. The van der Waals surface area contributed by atoms with Gasteiger partial charge in [-0.15, -0.1) is 0 Å². The van der Waals surface area contributed by atoms with Crippen LogP contribution >= 0.6 is 0 Å². The second kappa shape index (κ2) is 6.55. The Balaban J connectivity index is 1.20. The summed E-state index contributed by atoms with van der Waals surface area (Å²) in [7, 11) is 0. The van der Waals surface area contributed by atoms with E-state index in [0.717, 1.165) is 32.1 Å². The van der Waals surface area contributed by atoms with Crippen LogP contribution in [0, 0.1) is 50.7 Å². The maximum atomic E-state index is 12.9. The fraction of sp³-hybridized carbons (Fsp3) is 0.967. The van der Waals surface area contributed by atoms with Crippen LogP contribution in [-0.2, 0) is 14.3 Å². The molecule has 0 radical (unpaired) electrons. The first kappa shape index (κ1) is 23.6. The summed E-state index contributed by atoms with van der Waals surface area (Å²) in [5.74, 6) is 1.77. The SMILES string of the molecule is CC1(C)O[C@H]1[C@H]1C[C@@H]([C@@H]2CC[C@]34C[C@]23CC[C@@H]2[C@@]3(C)CCC(=O)C(C)(C)[C@@H]3C[C@H](O)[C@]24C)[C@@H](O)O1. The van der Waals surface area contributed by atoms with Crippen molar-refractivity contribution in [3.63, 3.8) is 0 Å². The van der Waals surface area contributed by atoms with E-state index >= 15 is 0 Å². The lowest BCUT2D eigenvalue weighted by Gasteiger charge is -2.67. The van der Waals surface area contributed by atoms with Gasteiger partial charge in [-0.25, -0.2) is 0 Å². The van der Waals surface area contributed by atoms with E-state index in [0.29, 0.717) is 24.0 Å². The molecule has 0 aromatic carbocycles. The zero-order valence-corrected chi connectivity index (χ0v) is 22.6. The van der Waals surface area contributed by atoms with Crippen molar-refractivity contribution in [2.45, 2.75) is 130 Å². The van der Waals surface area contributed by atoms with Crippen molar-refractivity contribution >= 4 is 5.78 Å². The Morgan fingerprint density at radius 3 is 2.31 bits per heavy atom. The maximum Gasteiger partial charge on any atom is 0.158 e. The summed E-state index contributed by atoms with van der Waals surface area (Å²) >= 11 is 0. The van der Waals surface area contributed by atoms with E-state index in [2.05, 4.69) is 41.5 Å². The van der Waals surface area contributed by atoms with Crippen LogP contribution in [0.2, 0.25) is 0 Å². The Morgan fingerprint density at radius 2 is 1.63 bits per heavy atom. The molecule has 2 heterocycles. The third kappa shape index (κ3) is 2.54. The summed E-state index contributed by atoms with van der Waals surface area (Å²) in [6, 6.07) is 0. The molecule has 196 valence electrons. The predicted molar refractivity (Wildman–Crippen MR) is 131 cm³/mol. The zero-order chi connectivity index (χ0) is 25.0. The molecule has 5 aliphatic carbocycles. The van der Waals surface area contributed by atoms with Crippen LogP contribution in [0.5, 0.6) is 0 Å². The molecule has 2 aliphatic heterocycles. The van der Waals surface area contributed by atoms with Crippen LogP contribution in [0.25, 0.3) is 0 Å². The van der Waals surface area contributed by atoms with Crippen molar-refractivity contribution in [1.82, 2.24) is 0 Å². The van der Waals surface area contributed by atoms with Crippen LogP contribution in [0.4, 0.5) is 0 Å². The van der Waals surface area contributed by atoms with Crippen molar-refractivity contribution in [3.8, 4) is 0 Å². The minimum atomic E-state index is -0.690. The van der Waals surface area contributed by atoms with Gasteiger partial charge in [-0.1, -0.05) is 27.7 Å². The number of aliphatic hydroxyl groups is 2. The molecule has 0 spiro atoms. The van der Waals surface area contributed by atoms with Gasteiger partial charge in [0.2, 0.25) is 0 Å². The van der Waals surface area contributed by atoms with E-state index in [1.54, 1.807) is 0 Å². The molecule has 5 saturated carbocycles. The summed E-state index contributed by atoms with van der Waals surface area (Å²) in [5.41, 5.74) is -0.0419. The lowest BCUT2D eigenvalue weighted by Crippen LogP contribution is -2.65. The number of rotatable bonds is 2. The number of ether oxygens (including phenoxy) is 2. The smallest absolute Gasteiger partial charge is 0.158 e. The van der Waals surface area contributed by atoms with E-state index in [-0.39, 0.29) is 62.8 Å². The summed E-state index contributed by atoms with van der Waals surface area (Å²) in [6.45, 7) is 13.4. The van der Waals surface area contributed by atoms with Crippen LogP contribution < -0.4 is 0 Å². The molecule has 0 aromatic heterocycles. The van der Waals surface area contributed by atoms with Gasteiger partial charge in [0, 0.05) is 23.2 Å². The van der Waals surface area contributed by atoms with Crippen molar-refractivity contribution < 1.29 is 24.5 Å². The Labute approximate surface area is 210 Å². The first-order valence-corrected chi connectivity index (χ1v) is 14.5. The van der Waals surface area contributed by atoms with Crippen molar-refractivity contribution in [1.29, 1.82) is 0 Å². The van der Waals surface area contributed by atoms with E-state index in [9.17, 15) is 15.0 Å². The highest BCUT2D eigenvalue weighted by Gasteiger charge is 2.85. The van der Waals surface area contributed by atoms with Gasteiger partial charge in [0.1, 0.15) is 11.9 Å². The molecule has 0 bridgehead atoms. The van der Waals surface area contributed by atoms with Crippen molar-refractivity contribution in [3.05, 3.63) is 0 Å². The van der Waals surface area contributed by atoms with Crippen molar-refractivity contribution in [2.24, 2.45) is 50.7 Å². The van der Waals surface area contributed by atoms with E-state index in [4.69, 9.17) is 9.47 Å². The van der Waals surface area contributed by atoms with E-state index < -0.39 is 6.29 Å². The van der Waals surface area contributed by atoms with Gasteiger partial charge < -0.3 is 19.7 Å². The van der Waals surface area contributed by atoms with Crippen LogP contribution in [0.1, 0.15) is 99.3 Å². The zero-order valence-electron chi connectivity index (χ0n) is 22.6. The number of fused-ring (bicyclic) bond motifs is 3. The summed E-state index contributed by atoms with van der Waals surface area (Å²) in [6.07, 6.45) is 8.27. The molecule has 5 nitrogen and oxygen atoms in total. The molecule has 12 atom stereocenters. The quantitative estimate of drug-likeness (QED) is 0.545. The second-order valence-corrected chi connectivity index (χ2v) is 15.5. The van der Waals surface area contributed by atoms with Gasteiger partial charge in [0.15, 0.2) is 6.29 Å². The highest BCUT2D eigenvalue weighted by molar-refractivity contribution is 5.85. The highest BCUT2D eigenvalue weighted by atomic mass is 16.7. The third-order valence-corrected chi connectivity index (χ3v) is 14.0. The average Bonchev–Trinajstić information content (AvgIpc) is 3.53. The van der Waals surface area contributed by atoms with Crippen LogP contribution in [0.3, 0.4) is 0 Å². The molecule has 2 N–H and O–H groups in total. The van der Waals surface area contributed by atoms with Gasteiger partial charge in [-0.3, -0.25) is 4.79 Å². The average molecular weight is 487 g/mol.